The maximum Gasteiger partial charge on any atom is 0.326 e. The largest absolute Gasteiger partial charge is 0.480 e. The monoisotopic (exact) mass is 1090 g/mol. The molecule has 0 aromatic heterocycles. The molecule has 3 aliphatic heterocycles. The molecule has 0 bridgehead atoms. The second-order valence-corrected chi connectivity index (χ2v) is 18.9. The first kappa shape index (κ1) is 63.2. The highest BCUT2D eigenvalue weighted by Crippen LogP contribution is 2.26. The molecule has 3 heterocycles. The second kappa shape index (κ2) is 31.7. The van der Waals surface area contributed by atoms with Crippen molar-refractivity contribution in [2.45, 2.75) is 145 Å². The third kappa shape index (κ3) is 21.2. The van der Waals surface area contributed by atoms with Crippen molar-refractivity contribution < 1.29 is 57.8 Å². The van der Waals surface area contributed by atoms with E-state index in [9.17, 15) is 57.8 Å². The number of primary amides is 1. The Morgan fingerprint density at radius 3 is 1.56 bits per heavy atom. The van der Waals surface area contributed by atoms with Crippen molar-refractivity contribution in [2.75, 3.05) is 52.4 Å². The Balaban J connectivity index is 1.59. The Bertz CT molecular complexity index is 2180. The molecule has 8 atom stereocenters. The summed E-state index contributed by atoms with van der Waals surface area (Å²) in [7, 11) is 0. The van der Waals surface area contributed by atoms with Crippen molar-refractivity contribution >= 4 is 82.9 Å². The number of amides is 10. The van der Waals surface area contributed by atoms with Crippen LogP contribution in [0.15, 0.2) is 0 Å². The number of carboxylic acid groups (broad SMARTS) is 1. The molecule has 3 fully saturated rings. The summed E-state index contributed by atoms with van der Waals surface area (Å²) in [4.78, 5) is 149. The van der Waals surface area contributed by atoms with E-state index in [0.29, 0.717) is 38.6 Å². The molecule has 0 unspecified atom stereocenters. The molecule has 32 heteroatoms. The van der Waals surface area contributed by atoms with Crippen LogP contribution in [0.3, 0.4) is 0 Å². The van der Waals surface area contributed by atoms with Gasteiger partial charge in [-0.3, -0.25) is 64.2 Å². The fraction of sp³-hybridized carbons (Fsp3) is 0.689. The number of aliphatic carboxylic acids is 1. The SMILES string of the molecule is C[C@H](NC(=O)CNC(=O)[C@@H]1CCCN1C(=O)[C@@H](N)CCCNC(=N)N)C(=O)NCC(=O)N[C@@H](CCC(N)=O)C(=O)N1CCC[C@H]1C(=O)N1CCC[C@H]1C(=O)N[C@@H](CCCNC(=N)N)C(=O)N[C@@H](CCCNC(=N)N)C(=O)O. The van der Waals surface area contributed by atoms with Gasteiger partial charge in [0.15, 0.2) is 17.9 Å². The summed E-state index contributed by atoms with van der Waals surface area (Å²) in [6.45, 7) is 1.20. The van der Waals surface area contributed by atoms with Gasteiger partial charge in [0.05, 0.1) is 19.1 Å². The summed E-state index contributed by atoms with van der Waals surface area (Å²) in [6.07, 6.45) is 2.45. The second-order valence-electron chi connectivity index (χ2n) is 18.9. The summed E-state index contributed by atoms with van der Waals surface area (Å²) >= 11 is 0. The van der Waals surface area contributed by atoms with Gasteiger partial charge >= 0.3 is 5.97 Å². The summed E-state index contributed by atoms with van der Waals surface area (Å²) in [5.41, 5.74) is 27.4. The molecule has 77 heavy (non-hydrogen) atoms. The average molecular weight is 1090 g/mol. The minimum absolute atomic E-state index is 0.0191. The van der Waals surface area contributed by atoms with Crippen molar-refractivity contribution in [3.63, 3.8) is 0 Å². The number of carboxylic acids is 1. The van der Waals surface area contributed by atoms with Crippen molar-refractivity contribution in [3.8, 4) is 0 Å². The Kier molecular flexibility index (Phi) is 26.1. The molecule has 32 nitrogen and oxygen atoms in total. The van der Waals surface area contributed by atoms with Crippen LogP contribution in [-0.4, -0.2) is 203 Å². The van der Waals surface area contributed by atoms with Gasteiger partial charge in [0.25, 0.3) is 0 Å². The molecule has 3 saturated heterocycles. The number of nitrogens with one attached hydrogen (secondary N) is 12. The molecule has 0 aromatic carbocycles. The van der Waals surface area contributed by atoms with Crippen LogP contribution in [0.2, 0.25) is 0 Å². The first-order valence-electron chi connectivity index (χ1n) is 25.6. The van der Waals surface area contributed by atoms with Crippen LogP contribution in [0.4, 0.5) is 0 Å². The molecule has 3 rings (SSSR count). The van der Waals surface area contributed by atoms with Gasteiger partial charge in [-0.25, -0.2) is 4.79 Å². The van der Waals surface area contributed by atoms with E-state index < -0.39 is 126 Å². The topological polar surface area (TPSA) is 528 Å². The number of nitrogens with zero attached hydrogens (tertiary/aromatic N) is 3. The highest BCUT2D eigenvalue weighted by molar-refractivity contribution is 5.98. The minimum atomic E-state index is -1.40. The van der Waals surface area contributed by atoms with Gasteiger partial charge in [-0.2, -0.15) is 0 Å². The van der Waals surface area contributed by atoms with Crippen molar-refractivity contribution in [3.05, 3.63) is 0 Å². The van der Waals surface area contributed by atoms with Gasteiger partial charge in [0.1, 0.15) is 42.3 Å². The third-order valence-electron chi connectivity index (χ3n) is 13.0. The Labute approximate surface area is 444 Å². The average Bonchev–Trinajstić information content (AvgIpc) is 4.18. The molecule has 0 aromatic rings. The Hall–Kier alpha value is -8.06. The van der Waals surface area contributed by atoms with Gasteiger partial charge in [-0.05, 0) is 90.4 Å². The molecule has 0 saturated carbocycles. The summed E-state index contributed by atoms with van der Waals surface area (Å²) in [6, 6.07) is -9.21. The predicted octanol–water partition coefficient (Wildman–Crippen LogP) is -7.38. The molecule has 10 amide bonds. The highest BCUT2D eigenvalue weighted by atomic mass is 16.4. The molecule has 3 aliphatic rings. The lowest BCUT2D eigenvalue weighted by atomic mass is 10.1. The molecule has 0 radical (unpaired) electrons. The first-order chi connectivity index (χ1) is 36.4. The van der Waals surface area contributed by atoms with E-state index in [4.69, 9.17) is 44.9 Å². The number of guanidine groups is 3. The maximum absolute atomic E-state index is 14.3. The van der Waals surface area contributed by atoms with Gasteiger partial charge < -0.3 is 96.3 Å². The lowest BCUT2D eigenvalue weighted by molar-refractivity contribution is -0.148. The summed E-state index contributed by atoms with van der Waals surface area (Å²) in [5, 5.41) is 54.3. The summed E-state index contributed by atoms with van der Waals surface area (Å²) < 4.78 is 0. The van der Waals surface area contributed by atoms with Crippen LogP contribution in [0, 0.1) is 16.2 Å². The molecular formula is C45H78N20O12. The van der Waals surface area contributed by atoms with Gasteiger partial charge in [0.2, 0.25) is 59.1 Å². The van der Waals surface area contributed by atoms with E-state index in [-0.39, 0.29) is 108 Å². The van der Waals surface area contributed by atoms with E-state index in [1.165, 1.54) is 21.6 Å². The standard InChI is InChI=1S/C45H78N20O12/c1-24(59-33(67)22-58-37(71)29-11-5-19-63(29)39(73)25(46)8-2-16-54-43(48)49)35(69)57-23-34(68)60-27(14-15-32(47)66)40(74)65-21-7-13-31(65)41(75)64-20-6-12-30(64)38(72)61-26(9-3-17-55-44(50)51)36(70)62-28(42(76)77)10-4-18-56-45(52)53/h24-31H,2-23,46H2,1H3,(H2,47,66)(H,57,69)(H,58,71)(H,59,67)(H,60,68)(H,61,72)(H,62,70)(H,76,77)(H4,48,49,54)(H4,50,51,55)(H4,52,53,56)/t24-,25-,26-,27-,28-,29-,30-,31-/m0/s1. The Morgan fingerprint density at radius 2 is 1.01 bits per heavy atom. The molecule has 23 N–H and O–H groups in total. The Morgan fingerprint density at radius 1 is 0.532 bits per heavy atom. The minimum Gasteiger partial charge on any atom is -0.480 e. The zero-order valence-corrected chi connectivity index (χ0v) is 43.3. The van der Waals surface area contributed by atoms with Crippen LogP contribution in [0.25, 0.3) is 0 Å². The first-order valence-corrected chi connectivity index (χ1v) is 25.6. The lowest BCUT2D eigenvalue weighted by Gasteiger charge is -2.33. The number of carbonyl (C=O) groups excluding carboxylic acids is 10. The van der Waals surface area contributed by atoms with E-state index in [1.807, 2.05) is 0 Å². The van der Waals surface area contributed by atoms with E-state index in [0.717, 1.165) is 0 Å². The molecule has 0 spiro atoms. The highest BCUT2D eigenvalue weighted by Gasteiger charge is 2.44. The third-order valence-corrected chi connectivity index (χ3v) is 13.0. The lowest BCUT2D eigenvalue weighted by Crippen LogP contribution is -2.58. The van der Waals surface area contributed by atoms with E-state index in [1.54, 1.807) is 0 Å². The summed E-state index contributed by atoms with van der Waals surface area (Å²) in [5.74, 6) is -9.33. The van der Waals surface area contributed by atoms with Gasteiger partial charge in [-0.1, -0.05) is 0 Å². The van der Waals surface area contributed by atoms with Crippen molar-refractivity contribution in [1.82, 2.24) is 62.6 Å². The van der Waals surface area contributed by atoms with Crippen LogP contribution >= 0.6 is 0 Å². The maximum atomic E-state index is 14.3. The van der Waals surface area contributed by atoms with E-state index >= 15 is 0 Å². The number of likely N-dealkylation sites (tertiary alicyclic amines) is 3. The van der Waals surface area contributed by atoms with Crippen LogP contribution in [0.5, 0.6) is 0 Å². The fourth-order valence-electron chi connectivity index (χ4n) is 9.04. The molecule has 0 aliphatic carbocycles. The van der Waals surface area contributed by atoms with Gasteiger partial charge in [0, 0.05) is 45.7 Å². The number of rotatable bonds is 31. The van der Waals surface area contributed by atoms with Crippen molar-refractivity contribution in [2.24, 2.45) is 28.7 Å². The van der Waals surface area contributed by atoms with Crippen LogP contribution in [0.1, 0.15) is 96.8 Å². The smallest absolute Gasteiger partial charge is 0.326 e. The molecular weight excluding hydrogens is 1010 g/mol. The number of hydrogen-bond donors (Lipinski definition) is 18. The predicted molar refractivity (Wildman–Crippen MR) is 275 cm³/mol. The van der Waals surface area contributed by atoms with Crippen LogP contribution in [-0.2, 0) is 52.7 Å². The van der Waals surface area contributed by atoms with Gasteiger partial charge in [-0.15, -0.1) is 0 Å². The normalized spacial score (nSPS) is 18.7. The number of carbonyl (C=O) groups is 11. The van der Waals surface area contributed by atoms with Crippen molar-refractivity contribution in [1.29, 1.82) is 16.2 Å². The molecule has 430 valence electrons. The number of nitrogens with two attached hydrogens (primary N) is 5. The number of hydrogen-bond acceptors (Lipinski definition) is 15. The van der Waals surface area contributed by atoms with E-state index in [2.05, 4.69) is 47.9 Å². The zero-order chi connectivity index (χ0) is 57.4. The fourth-order valence-corrected chi connectivity index (χ4v) is 9.04. The zero-order valence-electron chi connectivity index (χ0n) is 43.3. The quantitative estimate of drug-likeness (QED) is 0.0174. The van der Waals surface area contributed by atoms with Crippen LogP contribution < -0.4 is 76.5 Å².